The van der Waals surface area contributed by atoms with Gasteiger partial charge in [-0.25, -0.2) is 4.98 Å². The third kappa shape index (κ3) is 4.57. The molecular formula is C27H27N3O7. The number of methoxy groups -OCH3 is 2. The lowest BCUT2D eigenvalue weighted by atomic mass is 9.94. The number of aromatic nitrogens is 2. The molecule has 1 atom stereocenters. The van der Waals surface area contributed by atoms with Gasteiger partial charge in [0.1, 0.15) is 19.0 Å². The van der Waals surface area contributed by atoms with E-state index in [1.54, 1.807) is 48.9 Å². The second kappa shape index (κ2) is 10.3. The van der Waals surface area contributed by atoms with Crippen LogP contribution in [0.2, 0.25) is 0 Å². The molecule has 1 saturated heterocycles. The summed E-state index contributed by atoms with van der Waals surface area (Å²) in [7, 11) is 3.04. The zero-order chi connectivity index (χ0) is 25.9. The summed E-state index contributed by atoms with van der Waals surface area (Å²) in [5.41, 5.74) is 0.959. The number of rotatable bonds is 8. The van der Waals surface area contributed by atoms with Gasteiger partial charge in [-0.1, -0.05) is 6.07 Å². The van der Waals surface area contributed by atoms with E-state index < -0.39 is 17.7 Å². The maximum absolute atomic E-state index is 13.3. The molecule has 10 heteroatoms. The van der Waals surface area contributed by atoms with Crippen molar-refractivity contribution in [3.63, 3.8) is 0 Å². The van der Waals surface area contributed by atoms with Gasteiger partial charge in [0.15, 0.2) is 23.0 Å². The number of aliphatic hydroxyl groups excluding tert-OH is 1. The number of Topliss-reactive ketones (excluding diaryl/α,β-unsaturated/α-hetero) is 1. The maximum Gasteiger partial charge on any atom is 0.295 e. The van der Waals surface area contributed by atoms with Crippen molar-refractivity contribution in [2.75, 3.05) is 34.0 Å². The first kappa shape index (κ1) is 24.2. The summed E-state index contributed by atoms with van der Waals surface area (Å²) < 4.78 is 23.9. The second-order valence-corrected chi connectivity index (χ2v) is 8.62. The SMILES string of the molecule is COc1ccc(C2C(=C(O)c3ccc4c(c3)OCCO4)C(=O)C(=O)N2CCCn2ccnc2)cc1OC. The van der Waals surface area contributed by atoms with Crippen molar-refractivity contribution in [2.45, 2.75) is 19.0 Å². The van der Waals surface area contributed by atoms with Gasteiger partial charge in [0, 0.05) is 31.0 Å². The van der Waals surface area contributed by atoms with Crippen molar-refractivity contribution < 1.29 is 33.6 Å². The molecule has 3 heterocycles. The number of nitrogens with zero attached hydrogens (tertiary/aromatic N) is 3. The molecule has 0 radical (unpaired) electrons. The fourth-order valence-corrected chi connectivity index (χ4v) is 4.67. The monoisotopic (exact) mass is 505 g/mol. The smallest absolute Gasteiger partial charge is 0.295 e. The number of hydrogen-bond donors (Lipinski definition) is 1. The summed E-state index contributed by atoms with van der Waals surface area (Å²) in [6.45, 7) is 1.72. The fourth-order valence-electron chi connectivity index (χ4n) is 4.67. The van der Waals surface area contributed by atoms with Gasteiger partial charge >= 0.3 is 0 Å². The standard InChI is InChI=1S/C27H27N3O7/c1-34-19-6-4-17(14-21(19)35-2)24-23(25(31)18-5-7-20-22(15-18)37-13-12-36-20)26(32)27(33)30(24)10-3-9-29-11-8-28-16-29/h4-8,11,14-16,24,31H,3,9-10,12-13H2,1-2H3. The summed E-state index contributed by atoms with van der Waals surface area (Å²) in [5, 5.41) is 11.4. The van der Waals surface area contributed by atoms with Crippen molar-refractivity contribution in [3.8, 4) is 23.0 Å². The third-order valence-corrected chi connectivity index (χ3v) is 6.45. The van der Waals surface area contributed by atoms with Crippen molar-refractivity contribution in [1.29, 1.82) is 0 Å². The molecular weight excluding hydrogens is 478 g/mol. The number of likely N-dealkylation sites (tertiary alicyclic amines) is 1. The van der Waals surface area contributed by atoms with Crippen LogP contribution in [-0.4, -0.2) is 65.2 Å². The van der Waals surface area contributed by atoms with Crippen LogP contribution in [0.5, 0.6) is 23.0 Å². The quantitative estimate of drug-likeness (QED) is 0.282. The van der Waals surface area contributed by atoms with Crippen molar-refractivity contribution >= 4 is 17.4 Å². The number of aliphatic hydroxyl groups is 1. The Balaban J connectivity index is 1.57. The molecule has 192 valence electrons. The molecule has 0 bridgehead atoms. The van der Waals surface area contributed by atoms with Crippen LogP contribution < -0.4 is 18.9 Å². The molecule has 2 aliphatic rings. The normalized spacial score (nSPS) is 18.2. The Bertz CT molecular complexity index is 1350. The Labute approximate surface area is 213 Å². The van der Waals surface area contributed by atoms with E-state index in [-0.39, 0.29) is 11.3 Å². The molecule has 1 fully saturated rings. The zero-order valence-electron chi connectivity index (χ0n) is 20.5. The summed E-state index contributed by atoms with van der Waals surface area (Å²) in [6, 6.07) is 9.30. The number of hydrogen-bond acceptors (Lipinski definition) is 8. The van der Waals surface area contributed by atoms with Crippen molar-refractivity contribution in [1.82, 2.24) is 14.5 Å². The van der Waals surface area contributed by atoms with Crippen molar-refractivity contribution in [2.24, 2.45) is 0 Å². The van der Waals surface area contributed by atoms with Gasteiger partial charge in [-0.05, 0) is 42.3 Å². The Hall–Kier alpha value is -4.47. The lowest BCUT2D eigenvalue weighted by Gasteiger charge is -2.26. The van der Waals surface area contributed by atoms with E-state index in [1.807, 2.05) is 10.8 Å². The molecule has 0 saturated carbocycles. The molecule has 2 aliphatic heterocycles. The number of imidazole rings is 1. The third-order valence-electron chi connectivity index (χ3n) is 6.45. The first-order valence-corrected chi connectivity index (χ1v) is 11.9. The van der Waals surface area contributed by atoms with Crippen LogP contribution in [0.4, 0.5) is 0 Å². The van der Waals surface area contributed by atoms with E-state index in [4.69, 9.17) is 18.9 Å². The Morgan fingerprint density at radius 2 is 1.81 bits per heavy atom. The van der Waals surface area contributed by atoms with Gasteiger partial charge in [0.2, 0.25) is 0 Å². The average Bonchev–Trinajstić information content (AvgIpc) is 3.54. The van der Waals surface area contributed by atoms with Gasteiger partial charge in [-0.2, -0.15) is 0 Å². The number of carbonyl (C=O) groups excluding carboxylic acids is 2. The van der Waals surface area contributed by atoms with E-state index in [2.05, 4.69) is 4.98 Å². The lowest BCUT2D eigenvalue weighted by molar-refractivity contribution is -0.139. The first-order valence-electron chi connectivity index (χ1n) is 11.9. The molecule has 1 aromatic heterocycles. The minimum Gasteiger partial charge on any atom is -0.507 e. The highest BCUT2D eigenvalue weighted by molar-refractivity contribution is 6.46. The van der Waals surface area contributed by atoms with E-state index in [9.17, 15) is 14.7 Å². The van der Waals surface area contributed by atoms with E-state index in [0.717, 1.165) is 0 Å². The molecule has 0 aliphatic carbocycles. The summed E-state index contributed by atoms with van der Waals surface area (Å²) in [4.78, 5) is 32.1. The topological polar surface area (TPSA) is 112 Å². The van der Waals surface area contributed by atoms with Crippen LogP contribution in [-0.2, 0) is 16.1 Å². The van der Waals surface area contributed by atoms with E-state index >= 15 is 0 Å². The number of ether oxygens (including phenoxy) is 4. The number of fused-ring (bicyclic) bond motifs is 1. The highest BCUT2D eigenvalue weighted by atomic mass is 16.6. The summed E-state index contributed by atoms with van der Waals surface area (Å²) in [5.74, 6) is 0.261. The van der Waals surface area contributed by atoms with Crippen LogP contribution in [0, 0.1) is 0 Å². The van der Waals surface area contributed by atoms with Gasteiger partial charge in [0.05, 0.1) is 32.2 Å². The van der Waals surface area contributed by atoms with E-state index in [0.29, 0.717) is 66.8 Å². The maximum atomic E-state index is 13.3. The van der Waals surface area contributed by atoms with Crippen molar-refractivity contribution in [3.05, 3.63) is 71.8 Å². The predicted molar refractivity (Wildman–Crippen MR) is 133 cm³/mol. The molecule has 2 aromatic carbocycles. The van der Waals surface area contributed by atoms with Crippen LogP contribution in [0.25, 0.3) is 5.76 Å². The van der Waals surface area contributed by atoms with Crippen LogP contribution in [0.15, 0.2) is 60.7 Å². The minimum atomic E-state index is -0.823. The van der Waals surface area contributed by atoms with Crippen LogP contribution in [0.1, 0.15) is 23.6 Å². The molecule has 10 nitrogen and oxygen atoms in total. The van der Waals surface area contributed by atoms with E-state index in [1.165, 1.54) is 19.1 Å². The van der Waals surface area contributed by atoms with Gasteiger partial charge in [-0.15, -0.1) is 0 Å². The Kier molecular flexibility index (Phi) is 6.72. The van der Waals surface area contributed by atoms with Crippen LogP contribution >= 0.6 is 0 Å². The number of aryl methyl sites for hydroxylation is 1. The number of amides is 1. The molecule has 5 rings (SSSR count). The average molecular weight is 506 g/mol. The minimum absolute atomic E-state index is 0.00321. The zero-order valence-corrected chi connectivity index (χ0v) is 20.5. The molecule has 1 unspecified atom stereocenters. The Morgan fingerprint density at radius 3 is 2.54 bits per heavy atom. The van der Waals surface area contributed by atoms with Gasteiger partial charge < -0.3 is 33.5 Å². The number of benzene rings is 2. The molecule has 0 spiro atoms. The second-order valence-electron chi connectivity index (χ2n) is 8.62. The predicted octanol–water partition coefficient (Wildman–Crippen LogP) is 3.18. The molecule has 1 N–H and O–H groups in total. The highest BCUT2D eigenvalue weighted by Gasteiger charge is 2.46. The van der Waals surface area contributed by atoms with Crippen LogP contribution in [0.3, 0.4) is 0 Å². The molecule has 37 heavy (non-hydrogen) atoms. The highest BCUT2D eigenvalue weighted by Crippen LogP contribution is 2.43. The summed E-state index contributed by atoms with van der Waals surface area (Å²) in [6.07, 6.45) is 5.80. The number of ketones is 1. The van der Waals surface area contributed by atoms with Gasteiger partial charge in [-0.3, -0.25) is 9.59 Å². The molecule has 1 amide bonds. The lowest BCUT2D eigenvalue weighted by Crippen LogP contribution is -2.31. The molecule has 3 aromatic rings. The fraction of sp³-hybridized carbons (Fsp3) is 0.296. The number of carbonyl (C=O) groups is 2. The first-order chi connectivity index (χ1) is 18.0. The largest absolute Gasteiger partial charge is 0.507 e. The summed E-state index contributed by atoms with van der Waals surface area (Å²) >= 11 is 0. The Morgan fingerprint density at radius 1 is 1.03 bits per heavy atom. The van der Waals surface area contributed by atoms with Gasteiger partial charge in [0.25, 0.3) is 11.7 Å².